The van der Waals surface area contributed by atoms with Gasteiger partial charge in [0.2, 0.25) is 0 Å². The molecule has 2 aromatic rings. The minimum Gasteiger partial charge on any atom is -0.357 e. The summed E-state index contributed by atoms with van der Waals surface area (Å²) in [6.45, 7) is 5.81. The van der Waals surface area contributed by atoms with Gasteiger partial charge in [0.1, 0.15) is 0 Å². The van der Waals surface area contributed by atoms with Gasteiger partial charge >= 0.3 is 6.18 Å². The van der Waals surface area contributed by atoms with Gasteiger partial charge in [-0.1, -0.05) is 6.92 Å². The van der Waals surface area contributed by atoms with E-state index in [9.17, 15) is 13.2 Å². The number of aromatic nitrogens is 2. The fourth-order valence-corrected chi connectivity index (χ4v) is 3.67. The van der Waals surface area contributed by atoms with Crippen LogP contribution in [0.4, 0.5) is 13.2 Å². The molecule has 0 aliphatic rings. The van der Waals surface area contributed by atoms with E-state index in [1.807, 2.05) is 6.92 Å². The Morgan fingerprint density at radius 1 is 1.07 bits per heavy atom. The van der Waals surface area contributed by atoms with Crippen molar-refractivity contribution in [2.45, 2.75) is 39.3 Å². The Bertz CT molecular complexity index is 715. The smallest absolute Gasteiger partial charge is 0.357 e. The predicted octanol–water partition coefficient (Wildman–Crippen LogP) is 4.14. The molecule has 11 heteroatoms. The third kappa shape index (κ3) is 8.30. The molecule has 0 amide bonds. The van der Waals surface area contributed by atoms with Gasteiger partial charge in [-0.2, -0.15) is 13.2 Å². The van der Waals surface area contributed by atoms with Crippen molar-refractivity contribution in [3.63, 3.8) is 0 Å². The highest BCUT2D eigenvalue weighted by Crippen LogP contribution is 2.30. The normalized spacial score (nSPS) is 12.0. The standard InChI is InChI=1S/C16H22F3N5S2.HI/c1-3-13-23-11(9-25-13)5-7-21-15(20-4-2)22-8-6-14-24-12(10-26-14)16(17,18)19;/h9-10H,3-8H2,1-2H3,(H2,20,21,22);1H. The Balaban J connectivity index is 0.00000364. The maximum absolute atomic E-state index is 12.5. The van der Waals surface area contributed by atoms with Gasteiger partial charge in [0.15, 0.2) is 11.7 Å². The molecule has 2 N–H and O–H groups in total. The number of hydrogen-bond donors (Lipinski definition) is 2. The first kappa shape index (κ1) is 24.1. The van der Waals surface area contributed by atoms with Gasteiger partial charge in [-0.25, -0.2) is 9.97 Å². The molecule has 0 saturated heterocycles. The van der Waals surface area contributed by atoms with Crippen LogP contribution in [0.25, 0.3) is 0 Å². The number of alkyl halides is 3. The van der Waals surface area contributed by atoms with Crippen molar-refractivity contribution in [3.05, 3.63) is 32.2 Å². The maximum Gasteiger partial charge on any atom is 0.434 e. The second kappa shape index (κ2) is 11.8. The first-order chi connectivity index (χ1) is 12.4. The lowest BCUT2D eigenvalue weighted by Crippen LogP contribution is -2.38. The largest absolute Gasteiger partial charge is 0.434 e. The molecule has 2 aromatic heterocycles. The van der Waals surface area contributed by atoms with E-state index in [0.717, 1.165) is 40.3 Å². The molecule has 0 spiro atoms. The number of halogens is 4. The minimum atomic E-state index is -4.39. The molecule has 0 saturated carbocycles. The summed E-state index contributed by atoms with van der Waals surface area (Å²) in [5.41, 5.74) is 0.221. The molecule has 0 aliphatic carbocycles. The van der Waals surface area contributed by atoms with Crippen molar-refractivity contribution >= 4 is 52.6 Å². The van der Waals surface area contributed by atoms with Crippen LogP contribution in [-0.4, -0.2) is 35.6 Å². The molecule has 0 aliphatic heterocycles. The quantitative estimate of drug-likeness (QED) is 0.304. The lowest BCUT2D eigenvalue weighted by Gasteiger charge is -2.10. The van der Waals surface area contributed by atoms with E-state index in [4.69, 9.17) is 0 Å². The zero-order chi connectivity index (χ0) is 19.0. The van der Waals surface area contributed by atoms with Crippen LogP contribution in [0.2, 0.25) is 0 Å². The van der Waals surface area contributed by atoms with Crippen LogP contribution >= 0.6 is 46.7 Å². The SMILES string of the molecule is CCNC(=NCCc1nc(C(F)(F)F)cs1)NCCc1csc(CC)n1.I. The van der Waals surface area contributed by atoms with Crippen molar-refractivity contribution < 1.29 is 13.2 Å². The van der Waals surface area contributed by atoms with E-state index >= 15 is 0 Å². The fraction of sp³-hybridized carbons (Fsp3) is 0.562. The first-order valence-corrected chi connectivity index (χ1v) is 10.1. The molecule has 0 atom stereocenters. The van der Waals surface area contributed by atoms with Crippen LogP contribution in [0.5, 0.6) is 0 Å². The number of thiazole rings is 2. The van der Waals surface area contributed by atoms with Crippen molar-refractivity contribution in [1.29, 1.82) is 0 Å². The topological polar surface area (TPSA) is 62.2 Å². The maximum atomic E-state index is 12.5. The number of guanidine groups is 1. The predicted molar refractivity (Wildman–Crippen MR) is 115 cm³/mol. The highest BCUT2D eigenvalue weighted by Gasteiger charge is 2.33. The second-order valence-electron chi connectivity index (χ2n) is 5.40. The summed E-state index contributed by atoms with van der Waals surface area (Å²) in [5.74, 6) is 0.644. The number of nitrogens with zero attached hydrogens (tertiary/aromatic N) is 3. The van der Waals surface area contributed by atoms with Crippen molar-refractivity contribution in [2.24, 2.45) is 4.99 Å². The molecule has 0 unspecified atom stereocenters. The average molecular weight is 533 g/mol. The molecular weight excluding hydrogens is 510 g/mol. The third-order valence-electron chi connectivity index (χ3n) is 3.36. The summed E-state index contributed by atoms with van der Waals surface area (Å²) in [4.78, 5) is 12.5. The van der Waals surface area contributed by atoms with Gasteiger partial charge in [0.05, 0.1) is 15.7 Å². The number of aliphatic imine (C=N–C) groups is 1. The summed E-state index contributed by atoms with van der Waals surface area (Å²) in [7, 11) is 0. The third-order valence-corrected chi connectivity index (χ3v) is 5.31. The lowest BCUT2D eigenvalue weighted by atomic mass is 10.3. The molecular formula is C16H23F3IN5S2. The van der Waals surface area contributed by atoms with Gasteiger partial charge in [0.25, 0.3) is 0 Å². The van der Waals surface area contributed by atoms with Crippen molar-refractivity contribution in [1.82, 2.24) is 20.6 Å². The second-order valence-corrected chi connectivity index (χ2v) is 7.28. The Morgan fingerprint density at radius 3 is 2.41 bits per heavy atom. The van der Waals surface area contributed by atoms with Crippen LogP contribution in [0.15, 0.2) is 15.8 Å². The van der Waals surface area contributed by atoms with E-state index in [-0.39, 0.29) is 24.0 Å². The highest BCUT2D eigenvalue weighted by atomic mass is 127. The van der Waals surface area contributed by atoms with Crippen LogP contribution in [-0.2, 0) is 25.4 Å². The number of nitrogens with one attached hydrogen (secondary N) is 2. The average Bonchev–Trinajstić information content (AvgIpc) is 3.23. The van der Waals surface area contributed by atoms with E-state index in [1.165, 1.54) is 0 Å². The van der Waals surface area contributed by atoms with Crippen LogP contribution in [0, 0.1) is 0 Å². The molecule has 2 rings (SSSR count). The minimum absolute atomic E-state index is 0. The fourth-order valence-electron chi connectivity index (χ4n) is 2.10. The molecule has 0 bridgehead atoms. The first-order valence-electron chi connectivity index (χ1n) is 8.39. The van der Waals surface area contributed by atoms with Gasteiger partial charge in [-0.05, 0) is 13.3 Å². The van der Waals surface area contributed by atoms with Crippen molar-refractivity contribution in [3.8, 4) is 0 Å². The molecule has 152 valence electrons. The van der Waals surface area contributed by atoms with Crippen LogP contribution in [0.1, 0.15) is 35.3 Å². The highest BCUT2D eigenvalue weighted by molar-refractivity contribution is 14.0. The van der Waals surface area contributed by atoms with E-state index in [0.29, 0.717) is 37.0 Å². The molecule has 27 heavy (non-hydrogen) atoms. The van der Waals surface area contributed by atoms with Gasteiger partial charge in [-0.15, -0.1) is 46.7 Å². The summed E-state index contributed by atoms with van der Waals surface area (Å²) >= 11 is 2.68. The Morgan fingerprint density at radius 2 is 1.81 bits per heavy atom. The molecule has 2 heterocycles. The zero-order valence-corrected chi connectivity index (χ0v) is 19.1. The van der Waals surface area contributed by atoms with Gasteiger partial charge in [-0.3, -0.25) is 4.99 Å². The Kier molecular flexibility index (Phi) is 10.5. The summed E-state index contributed by atoms with van der Waals surface area (Å²) in [5, 5.41) is 11.0. The van der Waals surface area contributed by atoms with Gasteiger partial charge in [0, 0.05) is 43.2 Å². The molecule has 0 radical (unpaired) electrons. The lowest BCUT2D eigenvalue weighted by molar-refractivity contribution is -0.140. The van der Waals surface area contributed by atoms with E-state index in [2.05, 4.69) is 37.9 Å². The summed E-state index contributed by atoms with van der Waals surface area (Å²) < 4.78 is 37.6. The number of hydrogen-bond acceptors (Lipinski definition) is 5. The summed E-state index contributed by atoms with van der Waals surface area (Å²) in [6, 6.07) is 0. The number of aryl methyl sites for hydroxylation is 1. The number of rotatable bonds is 8. The molecule has 0 aromatic carbocycles. The summed E-state index contributed by atoms with van der Waals surface area (Å²) in [6.07, 6.45) is -2.28. The Hall–Kier alpha value is -0.950. The monoisotopic (exact) mass is 533 g/mol. The van der Waals surface area contributed by atoms with E-state index in [1.54, 1.807) is 11.3 Å². The van der Waals surface area contributed by atoms with E-state index < -0.39 is 11.9 Å². The molecule has 5 nitrogen and oxygen atoms in total. The van der Waals surface area contributed by atoms with Crippen LogP contribution in [0.3, 0.4) is 0 Å². The van der Waals surface area contributed by atoms with Crippen molar-refractivity contribution in [2.75, 3.05) is 19.6 Å². The van der Waals surface area contributed by atoms with Gasteiger partial charge < -0.3 is 10.6 Å². The molecule has 0 fully saturated rings. The zero-order valence-electron chi connectivity index (χ0n) is 15.1. The van der Waals surface area contributed by atoms with Crippen LogP contribution < -0.4 is 10.6 Å². The Labute approximate surface area is 181 Å².